The van der Waals surface area contributed by atoms with E-state index in [0.717, 1.165) is 34.6 Å². The number of carbonyl (C=O) groups is 1. The average molecular weight is 339 g/mol. The van der Waals surface area contributed by atoms with Gasteiger partial charge in [0.1, 0.15) is 11.5 Å². The maximum Gasteiger partial charge on any atom is 0.244 e. The minimum Gasteiger partial charge on any atom is -0.497 e. The smallest absolute Gasteiger partial charge is 0.244 e. The average Bonchev–Trinajstić information content (AvgIpc) is 2.61. The van der Waals surface area contributed by atoms with Crippen molar-refractivity contribution in [2.24, 2.45) is 0 Å². The molecule has 132 valence electrons. The molecule has 0 radical (unpaired) electrons. The Kier molecular flexibility index (Phi) is 6.63. The van der Waals surface area contributed by atoms with E-state index in [1.165, 1.54) is 0 Å². The van der Waals surface area contributed by atoms with E-state index in [4.69, 9.17) is 9.47 Å². The van der Waals surface area contributed by atoms with Gasteiger partial charge >= 0.3 is 0 Å². The molecule has 1 N–H and O–H groups in total. The lowest BCUT2D eigenvalue weighted by Crippen LogP contribution is -2.32. The van der Waals surface area contributed by atoms with Crippen LogP contribution in [-0.2, 0) is 11.2 Å². The quantitative estimate of drug-likeness (QED) is 0.779. The number of hydrogen-bond donors (Lipinski definition) is 1. The summed E-state index contributed by atoms with van der Waals surface area (Å²) >= 11 is 0. The van der Waals surface area contributed by atoms with Crippen molar-refractivity contribution in [2.75, 3.05) is 14.2 Å². The molecule has 2 rings (SSSR count). The second-order valence-electron chi connectivity index (χ2n) is 5.99. The van der Waals surface area contributed by atoms with Crippen molar-refractivity contribution in [1.29, 1.82) is 0 Å². The number of benzene rings is 2. The Morgan fingerprint density at radius 2 is 1.88 bits per heavy atom. The summed E-state index contributed by atoms with van der Waals surface area (Å²) in [6.45, 7) is 3.90. The van der Waals surface area contributed by atoms with Crippen molar-refractivity contribution in [3.63, 3.8) is 0 Å². The van der Waals surface area contributed by atoms with Gasteiger partial charge in [0.05, 0.1) is 14.2 Å². The molecule has 0 heterocycles. The first-order valence-electron chi connectivity index (χ1n) is 8.28. The van der Waals surface area contributed by atoms with Gasteiger partial charge in [-0.05, 0) is 49.6 Å². The van der Waals surface area contributed by atoms with E-state index in [1.807, 2.05) is 62.4 Å². The van der Waals surface area contributed by atoms with Crippen molar-refractivity contribution in [1.82, 2.24) is 5.32 Å². The summed E-state index contributed by atoms with van der Waals surface area (Å²) in [5, 5.41) is 3.01. The highest BCUT2D eigenvalue weighted by molar-refractivity contribution is 5.95. The lowest BCUT2D eigenvalue weighted by atomic mass is 10.0. The number of nitrogens with one attached hydrogen (secondary N) is 1. The Hall–Kier alpha value is -2.75. The van der Waals surface area contributed by atoms with Crippen molar-refractivity contribution < 1.29 is 14.3 Å². The normalized spacial score (nSPS) is 12.4. The van der Waals surface area contributed by atoms with Crippen LogP contribution in [0.2, 0.25) is 0 Å². The molecule has 2 aromatic carbocycles. The van der Waals surface area contributed by atoms with E-state index in [1.54, 1.807) is 20.3 Å². The number of para-hydroxylation sites is 1. The van der Waals surface area contributed by atoms with Gasteiger partial charge in [-0.25, -0.2) is 0 Å². The minimum absolute atomic E-state index is 0.0151. The van der Waals surface area contributed by atoms with E-state index in [0.29, 0.717) is 0 Å². The monoisotopic (exact) mass is 339 g/mol. The predicted octanol–water partition coefficient (Wildman–Crippen LogP) is 3.85. The molecule has 1 unspecified atom stereocenters. The van der Waals surface area contributed by atoms with E-state index in [2.05, 4.69) is 5.32 Å². The predicted molar refractivity (Wildman–Crippen MR) is 101 cm³/mol. The molecule has 2 aromatic rings. The minimum atomic E-state index is -0.112. The molecule has 0 fully saturated rings. The highest BCUT2D eigenvalue weighted by atomic mass is 16.5. The summed E-state index contributed by atoms with van der Waals surface area (Å²) in [7, 11) is 3.28. The van der Waals surface area contributed by atoms with Gasteiger partial charge < -0.3 is 14.8 Å². The Balaban J connectivity index is 2.00. The van der Waals surface area contributed by atoms with Crippen LogP contribution < -0.4 is 14.8 Å². The molecule has 0 saturated heterocycles. The molecule has 0 aliphatic heterocycles. The summed E-state index contributed by atoms with van der Waals surface area (Å²) in [6, 6.07) is 15.6. The Labute approximate surface area is 149 Å². The van der Waals surface area contributed by atoms with Gasteiger partial charge in [-0.3, -0.25) is 4.79 Å². The van der Waals surface area contributed by atoms with Crippen LogP contribution in [0.15, 0.2) is 54.6 Å². The molecule has 0 bridgehead atoms. The molecular formula is C21H25NO3. The fourth-order valence-electron chi connectivity index (χ4n) is 2.73. The summed E-state index contributed by atoms with van der Waals surface area (Å²) in [5.41, 5.74) is 2.90. The topological polar surface area (TPSA) is 47.6 Å². The SMILES string of the molecule is COc1cccc(CC(C)NC(=O)/C=C(/C)c2ccccc2OC)c1. The van der Waals surface area contributed by atoms with Gasteiger partial charge in [-0.2, -0.15) is 0 Å². The largest absolute Gasteiger partial charge is 0.497 e. The van der Waals surface area contributed by atoms with Gasteiger partial charge in [-0.1, -0.05) is 30.3 Å². The number of rotatable bonds is 7. The van der Waals surface area contributed by atoms with Crippen LogP contribution in [0.3, 0.4) is 0 Å². The van der Waals surface area contributed by atoms with E-state index < -0.39 is 0 Å². The number of carbonyl (C=O) groups excluding carboxylic acids is 1. The highest BCUT2D eigenvalue weighted by Gasteiger charge is 2.09. The Morgan fingerprint density at radius 3 is 2.60 bits per heavy atom. The third kappa shape index (κ3) is 5.38. The van der Waals surface area contributed by atoms with Gasteiger partial charge in [-0.15, -0.1) is 0 Å². The molecule has 25 heavy (non-hydrogen) atoms. The van der Waals surface area contributed by atoms with Gasteiger partial charge in [0.15, 0.2) is 0 Å². The van der Waals surface area contributed by atoms with Crippen LogP contribution in [-0.4, -0.2) is 26.2 Å². The Bertz CT molecular complexity index is 752. The molecule has 0 aromatic heterocycles. The summed E-state index contributed by atoms with van der Waals surface area (Å²) < 4.78 is 10.6. The van der Waals surface area contributed by atoms with Crippen LogP contribution in [0.4, 0.5) is 0 Å². The third-order valence-electron chi connectivity index (χ3n) is 3.94. The van der Waals surface area contributed by atoms with Crippen molar-refractivity contribution in [3.05, 3.63) is 65.7 Å². The highest BCUT2D eigenvalue weighted by Crippen LogP contribution is 2.25. The zero-order chi connectivity index (χ0) is 18.2. The fourth-order valence-corrected chi connectivity index (χ4v) is 2.73. The number of amides is 1. The summed E-state index contributed by atoms with van der Waals surface area (Å²) in [5.74, 6) is 1.47. The van der Waals surface area contributed by atoms with Crippen molar-refractivity contribution in [2.45, 2.75) is 26.3 Å². The number of hydrogen-bond acceptors (Lipinski definition) is 3. The zero-order valence-electron chi connectivity index (χ0n) is 15.2. The molecule has 0 aliphatic rings. The first kappa shape index (κ1) is 18.6. The third-order valence-corrected chi connectivity index (χ3v) is 3.94. The maximum absolute atomic E-state index is 12.3. The molecular weight excluding hydrogens is 314 g/mol. The first-order valence-corrected chi connectivity index (χ1v) is 8.28. The molecule has 0 saturated carbocycles. The van der Waals surface area contributed by atoms with Crippen LogP contribution in [0, 0.1) is 0 Å². The molecule has 0 aliphatic carbocycles. The summed E-state index contributed by atoms with van der Waals surface area (Å²) in [6.07, 6.45) is 2.35. The number of allylic oxidation sites excluding steroid dienone is 1. The van der Waals surface area contributed by atoms with Crippen LogP contribution in [0.1, 0.15) is 25.0 Å². The van der Waals surface area contributed by atoms with Gasteiger partial charge in [0.2, 0.25) is 5.91 Å². The lowest BCUT2D eigenvalue weighted by Gasteiger charge is -2.14. The van der Waals surface area contributed by atoms with E-state index >= 15 is 0 Å². The van der Waals surface area contributed by atoms with E-state index in [-0.39, 0.29) is 11.9 Å². The van der Waals surface area contributed by atoms with Crippen LogP contribution in [0.5, 0.6) is 11.5 Å². The first-order chi connectivity index (χ1) is 12.0. The molecule has 1 amide bonds. The maximum atomic E-state index is 12.3. The molecule has 4 nitrogen and oxygen atoms in total. The summed E-state index contributed by atoms with van der Waals surface area (Å²) in [4.78, 5) is 12.3. The van der Waals surface area contributed by atoms with Crippen molar-refractivity contribution >= 4 is 11.5 Å². The van der Waals surface area contributed by atoms with Gasteiger partial charge in [0.25, 0.3) is 0 Å². The van der Waals surface area contributed by atoms with Crippen LogP contribution in [0.25, 0.3) is 5.57 Å². The fraction of sp³-hybridized carbons (Fsp3) is 0.286. The Morgan fingerprint density at radius 1 is 1.12 bits per heavy atom. The molecule has 0 spiro atoms. The molecule has 1 atom stereocenters. The zero-order valence-corrected chi connectivity index (χ0v) is 15.2. The second-order valence-corrected chi connectivity index (χ2v) is 5.99. The molecule has 4 heteroatoms. The van der Waals surface area contributed by atoms with Gasteiger partial charge in [0, 0.05) is 17.7 Å². The van der Waals surface area contributed by atoms with Crippen LogP contribution >= 0.6 is 0 Å². The number of methoxy groups -OCH3 is 2. The van der Waals surface area contributed by atoms with E-state index in [9.17, 15) is 4.79 Å². The lowest BCUT2D eigenvalue weighted by molar-refractivity contribution is -0.117. The second kappa shape index (κ2) is 8.92. The van der Waals surface area contributed by atoms with Crippen molar-refractivity contribution in [3.8, 4) is 11.5 Å². The standard InChI is InChI=1S/C21H25NO3/c1-15(19-10-5-6-11-20(19)25-4)12-21(23)22-16(2)13-17-8-7-9-18(14-17)24-3/h5-12,14,16H,13H2,1-4H3,(H,22,23)/b15-12-. The number of ether oxygens (including phenoxy) is 2.